The fraction of sp³-hybridized carbons (Fsp3) is 0.909. The molecule has 1 heterocycles. The molecule has 0 amide bonds. The van der Waals surface area contributed by atoms with Crippen LogP contribution in [0, 0.1) is 0 Å². The van der Waals surface area contributed by atoms with E-state index in [2.05, 4.69) is 22.4 Å². The van der Waals surface area contributed by atoms with Crippen molar-refractivity contribution in [2.24, 2.45) is 5.73 Å². The minimum absolute atomic E-state index is 0.249. The highest BCUT2D eigenvalue weighted by Crippen LogP contribution is 2.31. The van der Waals surface area contributed by atoms with E-state index in [9.17, 15) is 0 Å². The van der Waals surface area contributed by atoms with Crippen molar-refractivity contribution in [1.82, 2.24) is 20.2 Å². The van der Waals surface area contributed by atoms with Crippen molar-refractivity contribution in [1.29, 1.82) is 0 Å². The standard InChI is InChI=1S/C11H21N5S/c1-2-5-9(12)8-17-11-13-14-15-16(11)10-6-3-4-7-10/h9-10H,2-8,12H2,1H3. The molecular formula is C11H21N5S. The molecule has 2 N–H and O–H groups in total. The summed E-state index contributed by atoms with van der Waals surface area (Å²) in [5.41, 5.74) is 6.01. The van der Waals surface area contributed by atoms with Gasteiger partial charge in [0, 0.05) is 11.8 Å². The molecule has 1 unspecified atom stereocenters. The van der Waals surface area contributed by atoms with Gasteiger partial charge < -0.3 is 5.73 Å². The minimum Gasteiger partial charge on any atom is -0.327 e. The zero-order chi connectivity index (χ0) is 12.1. The molecule has 1 fully saturated rings. The molecule has 0 radical (unpaired) electrons. The van der Waals surface area contributed by atoms with Crippen molar-refractivity contribution in [3.63, 3.8) is 0 Å². The summed E-state index contributed by atoms with van der Waals surface area (Å²) in [6.07, 6.45) is 7.21. The number of tetrazole rings is 1. The highest BCUT2D eigenvalue weighted by atomic mass is 32.2. The van der Waals surface area contributed by atoms with Crippen molar-refractivity contribution in [2.45, 2.75) is 62.7 Å². The largest absolute Gasteiger partial charge is 0.327 e. The van der Waals surface area contributed by atoms with Gasteiger partial charge in [-0.2, -0.15) is 0 Å². The minimum atomic E-state index is 0.249. The Kier molecular flexibility index (Phi) is 4.79. The van der Waals surface area contributed by atoms with Crippen LogP contribution in [0.1, 0.15) is 51.5 Å². The van der Waals surface area contributed by atoms with Gasteiger partial charge >= 0.3 is 0 Å². The molecule has 1 aromatic heterocycles. The van der Waals surface area contributed by atoms with E-state index >= 15 is 0 Å². The third-order valence-corrected chi connectivity index (χ3v) is 4.34. The molecule has 1 atom stereocenters. The van der Waals surface area contributed by atoms with Gasteiger partial charge in [-0.25, -0.2) is 4.68 Å². The first kappa shape index (κ1) is 12.8. The Morgan fingerprint density at radius 3 is 2.94 bits per heavy atom. The van der Waals surface area contributed by atoms with Crippen LogP contribution in [0.25, 0.3) is 0 Å². The molecule has 6 heteroatoms. The fourth-order valence-corrected chi connectivity index (χ4v) is 3.24. The van der Waals surface area contributed by atoms with Crippen molar-refractivity contribution >= 4 is 11.8 Å². The van der Waals surface area contributed by atoms with Crippen molar-refractivity contribution < 1.29 is 0 Å². The maximum Gasteiger partial charge on any atom is 0.209 e. The average Bonchev–Trinajstić information content (AvgIpc) is 2.97. The van der Waals surface area contributed by atoms with Gasteiger partial charge in [0.05, 0.1) is 6.04 Å². The van der Waals surface area contributed by atoms with Crippen molar-refractivity contribution in [2.75, 3.05) is 5.75 Å². The second-order valence-electron chi connectivity index (χ2n) is 4.70. The number of hydrogen-bond acceptors (Lipinski definition) is 5. The first-order valence-electron chi connectivity index (χ1n) is 6.47. The SMILES string of the molecule is CCCC(N)CSc1nnnn1C1CCCC1. The lowest BCUT2D eigenvalue weighted by Gasteiger charge is -2.12. The van der Waals surface area contributed by atoms with E-state index in [1.54, 1.807) is 11.8 Å². The number of nitrogens with zero attached hydrogens (tertiary/aromatic N) is 4. The molecule has 1 aromatic rings. The first-order chi connectivity index (χ1) is 8.31. The Labute approximate surface area is 107 Å². The quantitative estimate of drug-likeness (QED) is 0.787. The van der Waals surface area contributed by atoms with Crippen LogP contribution in [0.15, 0.2) is 5.16 Å². The van der Waals surface area contributed by atoms with Gasteiger partial charge in [-0.3, -0.25) is 0 Å². The van der Waals surface area contributed by atoms with Gasteiger partial charge in [0.2, 0.25) is 5.16 Å². The lowest BCUT2D eigenvalue weighted by molar-refractivity contribution is 0.423. The molecule has 5 nitrogen and oxygen atoms in total. The lowest BCUT2D eigenvalue weighted by atomic mass is 10.2. The Morgan fingerprint density at radius 1 is 1.47 bits per heavy atom. The molecule has 0 aliphatic heterocycles. The summed E-state index contributed by atoms with van der Waals surface area (Å²) < 4.78 is 2.00. The Balaban J connectivity index is 1.90. The molecule has 1 saturated carbocycles. The number of rotatable bonds is 6. The normalized spacial score (nSPS) is 18.7. The van der Waals surface area contributed by atoms with E-state index < -0.39 is 0 Å². The Morgan fingerprint density at radius 2 is 2.24 bits per heavy atom. The molecule has 96 valence electrons. The van der Waals surface area contributed by atoms with E-state index in [4.69, 9.17) is 5.73 Å². The van der Waals surface area contributed by atoms with Gasteiger partial charge in [0.1, 0.15) is 0 Å². The van der Waals surface area contributed by atoms with E-state index in [1.807, 2.05) is 4.68 Å². The van der Waals surface area contributed by atoms with E-state index in [-0.39, 0.29) is 6.04 Å². The monoisotopic (exact) mass is 255 g/mol. The van der Waals surface area contributed by atoms with Crippen molar-refractivity contribution in [3.8, 4) is 0 Å². The van der Waals surface area contributed by atoms with Crippen LogP contribution in [0.4, 0.5) is 0 Å². The second-order valence-corrected chi connectivity index (χ2v) is 5.69. The number of aromatic nitrogens is 4. The van der Waals surface area contributed by atoms with Gasteiger partial charge in [-0.15, -0.1) is 5.10 Å². The van der Waals surface area contributed by atoms with E-state index in [0.29, 0.717) is 6.04 Å². The zero-order valence-corrected chi connectivity index (χ0v) is 11.2. The predicted molar refractivity (Wildman–Crippen MR) is 68.9 cm³/mol. The highest BCUT2D eigenvalue weighted by Gasteiger charge is 2.21. The Bertz CT molecular complexity index is 334. The maximum absolute atomic E-state index is 6.01. The van der Waals surface area contributed by atoms with Crippen LogP contribution in [0.3, 0.4) is 0 Å². The van der Waals surface area contributed by atoms with Crippen LogP contribution in [-0.4, -0.2) is 32.0 Å². The number of thioether (sulfide) groups is 1. The molecule has 1 aliphatic carbocycles. The van der Waals surface area contributed by atoms with Crippen molar-refractivity contribution in [3.05, 3.63) is 0 Å². The summed E-state index contributed by atoms with van der Waals surface area (Å²) in [5, 5.41) is 12.9. The zero-order valence-electron chi connectivity index (χ0n) is 10.4. The average molecular weight is 255 g/mol. The summed E-state index contributed by atoms with van der Waals surface area (Å²) in [6, 6.07) is 0.758. The molecule has 0 spiro atoms. The first-order valence-corrected chi connectivity index (χ1v) is 7.46. The van der Waals surface area contributed by atoms with E-state index in [1.165, 1.54) is 25.7 Å². The summed E-state index contributed by atoms with van der Waals surface area (Å²) in [4.78, 5) is 0. The summed E-state index contributed by atoms with van der Waals surface area (Å²) in [6.45, 7) is 2.16. The van der Waals surface area contributed by atoms with Gasteiger partial charge in [0.25, 0.3) is 0 Å². The van der Waals surface area contributed by atoms with Gasteiger partial charge in [-0.1, -0.05) is 37.9 Å². The molecule has 1 aliphatic rings. The maximum atomic E-state index is 6.01. The molecule has 0 bridgehead atoms. The molecule has 17 heavy (non-hydrogen) atoms. The summed E-state index contributed by atoms with van der Waals surface area (Å²) in [7, 11) is 0. The van der Waals surface area contributed by atoms with Crippen LogP contribution in [-0.2, 0) is 0 Å². The number of hydrogen-bond donors (Lipinski definition) is 1. The third-order valence-electron chi connectivity index (χ3n) is 3.22. The Hall–Kier alpha value is -0.620. The topological polar surface area (TPSA) is 69.6 Å². The van der Waals surface area contributed by atoms with E-state index in [0.717, 1.165) is 23.8 Å². The van der Waals surface area contributed by atoms with Crippen LogP contribution < -0.4 is 5.73 Å². The predicted octanol–water partition coefficient (Wildman–Crippen LogP) is 2.01. The molecule has 0 saturated heterocycles. The van der Waals surface area contributed by atoms with Crippen LogP contribution >= 0.6 is 11.8 Å². The highest BCUT2D eigenvalue weighted by molar-refractivity contribution is 7.99. The molecule has 0 aromatic carbocycles. The number of nitrogens with two attached hydrogens (primary N) is 1. The van der Waals surface area contributed by atoms with Crippen LogP contribution in [0.5, 0.6) is 0 Å². The summed E-state index contributed by atoms with van der Waals surface area (Å²) >= 11 is 1.69. The van der Waals surface area contributed by atoms with Gasteiger partial charge in [0.15, 0.2) is 0 Å². The lowest BCUT2D eigenvalue weighted by Crippen LogP contribution is -2.22. The van der Waals surface area contributed by atoms with Crippen LogP contribution in [0.2, 0.25) is 0 Å². The molecule has 2 rings (SSSR count). The summed E-state index contributed by atoms with van der Waals surface area (Å²) in [5.74, 6) is 0.904. The second kappa shape index (κ2) is 6.35. The fourth-order valence-electron chi connectivity index (χ4n) is 2.29. The smallest absolute Gasteiger partial charge is 0.209 e. The third kappa shape index (κ3) is 3.42. The molecular weight excluding hydrogens is 234 g/mol. The van der Waals surface area contributed by atoms with Gasteiger partial charge in [-0.05, 0) is 29.7 Å².